The van der Waals surface area contributed by atoms with Gasteiger partial charge >= 0.3 is 6.03 Å². The fourth-order valence-corrected chi connectivity index (χ4v) is 2.96. The summed E-state index contributed by atoms with van der Waals surface area (Å²) in [6.07, 6.45) is 5.70. The largest absolute Gasteiger partial charge is 0.338 e. The molecule has 0 unspecified atom stereocenters. The Bertz CT molecular complexity index is 954. The summed E-state index contributed by atoms with van der Waals surface area (Å²) in [4.78, 5) is 16.5. The van der Waals surface area contributed by atoms with Gasteiger partial charge in [0.1, 0.15) is 5.65 Å². The van der Waals surface area contributed by atoms with Crippen molar-refractivity contribution < 1.29 is 4.79 Å². The molecule has 0 spiro atoms. The van der Waals surface area contributed by atoms with Gasteiger partial charge in [-0.1, -0.05) is 13.0 Å². The number of pyridine rings is 1. The predicted molar refractivity (Wildman–Crippen MR) is 102 cm³/mol. The Kier molecular flexibility index (Phi) is 5.49. The number of urea groups is 1. The molecular formula is C20H21N5O. The molecule has 132 valence electrons. The van der Waals surface area contributed by atoms with Crippen molar-refractivity contribution in [1.82, 2.24) is 14.9 Å². The van der Waals surface area contributed by atoms with Gasteiger partial charge in [0.05, 0.1) is 11.6 Å². The van der Waals surface area contributed by atoms with Crippen molar-refractivity contribution in [2.45, 2.75) is 26.3 Å². The van der Waals surface area contributed by atoms with Crippen molar-refractivity contribution in [1.29, 1.82) is 5.26 Å². The zero-order valence-corrected chi connectivity index (χ0v) is 14.7. The third-order valence-electron chi connectivity index (χ3n) is 4.11. The third-order valence-corrected chi connectivity index (χ3v) is 4.11. The normalized spacial score (nSPS) is 10.5. The Balaban J connectivity index is 1.60. The highest BCUT2D eigenvalue weighted by atomic mass is 16.2. The second-order valence-corrected chi connectivity index (χ2v) is 6.05. The minimum atomic E-state index is -0.282. The number of aromatic nitrogens is 2. The van der Waals surface area contributed by atoms with Crippen LogP contribution in [0.3, 0.4) is 0 Å². The molecule has 2 aromatic heterocycles. The molecule has 2 heterocycles. The minimum Gasteiger partial charge on any atom is -0.338 e. The summed E-state index contributed by atoms with van der Waals surface area (Å²) in [6.45, 7) is 3.59. The fraction of sp³-hybridized carbons (Fsp3) is 0.250. The van der Waals surface area contributed by atoms with E-state index in [1.807, 2.05) is 6.07 Å². The molecule has 0 saturated heterocycles. The van der Waals surface area contributed by atoms with Gasteiger partial charge in [0.15, 0.2) is 0 Å². The SMILES string of the molecule is CCCn1cc(CCNC(=O)Nc2cccc(C#N)c2)c2cccnc21. The molecular weight excluding hydrogens is 326 g/mol. The molecule has 6 nitrogen and oxygen atoms in total. The van der Waals surface area contributed by atoms with Crippen LogP contribution in [0.4, 0.5) is 10.5 Å². The zero-order valence-electron chi connectivity index (χ0n) is 14.7. The van der Waals surface area contributed by atoms with Gasteiger partial charge < -0.3 is 15.2 Å². The van der Waals surface area contributed by atoms with Gasteiger partial charge in [-0.3, -0.25) is 0 Å². The number of fused-ring (bicyclic) bond motifs is 1. The molecule has 26 heavy (non-hydrogen) atoms. The molecule has 0 radical (unpaired) electrons. The lowest BCUT2D eigenvalue weighted by Gasteiger charge is -2.07. The highest BCUT2D eigenvalue weighted by Crippen LogP contribution is 2.20. The van der Waals surface area contributed by atoms with Crippen molar-refractivity contribution in [3.63, 3.8) is 0 Å². The Morgan fingerprint density at radius 3 is 3.00 bits per heavy atom. The topological polar surface area (TPSA) is 82.7 Å². The molecule has 2 amide bonds. The fourth-order valence-electron chi connectivity index (χ4n) is 2.96. The van der Waals surface area contributed by atoms with Crippen LogP contribution in [0.1, 0.15) is 24.5 Å². The van der Waals surface area contributed by atoms with E-state index < -0.39 is 0 Å². The summed E-state index contributed by atoms with van der Waals surface area (Å²) in [5.41, 5.74) is 3.28. The van der Waals surface area contributed by atoms with E-state index >= 15 is 0 Å². The van der Waals surface area contributed by atoms with Gasteiger partial charge in [-0.05, 0) is 48.7 Å². The molecule has 2 N–H and O–H groups in total. The standard InChI is InChI=1S/C20H21N5O/c1-2-11-25-14-16(18-7-4-9-22-19(18)25)8-10-23-20(26)24-17-6-3-5-15(12-17)13-21/h3-7,9,12,14H,2,8,10-11H2,1H3,(H2,23,24,26). The Morgan fingerprint density at radius 2 is 2.19 bits per heavy atom. The summed E-state index contributed by atoms with van der Waals surface area (Å²) in [7, 11) is 0. The number of carbonyl (C=O) groups is 1. The number of anilines is 1. The number of hydrogen-bond donors (Lipinski definition) is 2. The molecule has 0 aliphatic heterocycles. The second-order valence-electron chi connectivity index (χ2n) is 6.05. The average molecular weight is 347 g/mol. The highest BCUT2D eigenvalue weighted by Gasteiger charge is 2.09. The first-order valence-electron chi connectivity index (χ1n) is 8.69. The van der Waals surface area contributed by atoms with Crippen molar-refractivity contribution in [3.8, 4) is 6.07 Å². The first-order chi connectivity index (χ1) is 12.7. The number of amides is 2. The first kappa shape index (κ1) is 17.5. The molecule has 6 heteroatoms. The first-order valence-corrected chi connectivity index (χ1v) is 8.69. The number of nitrogens with one attached hydrogen (secondary N) is 2. The van der Waals surface area contributed by atoms with Gasteiger partial charge in [0.25, 0.3) is 0 Å². The highest BCUT2D eigenvalue weighted by molar-refractivity contribution is 5.89. The molecule has 0 bridgehead atoms. The van der Waals surface area contributed by atoms with E-state index in [9.17, 15) is 4.79 Å². The zero-order chi connectivity index (χ0) is 18.4. The maximum absolute atomic E-state index is 12.1. The van der Waals surface area contributed by atoms with Gasteiger partial charge in [0.2, 0.25) is 0 Å². The molecule has 3 rings (SSSR count). The third kappa shape index (κ3) is 4.01. The van der Waals surface area contributed by atoms with Crippen molar-refractivity contribution in [2.75, 3.05) is 11.9 Å². The van der Waals surface area contributed by atoms with Crippen LogP contribution < -0.4 is 10.6 Å². The van der Waals surface area contributed by atoms with E-state index in [0.29, 0.717) is 17.8 Å². The van der Waals surface area contributed by atoms with Gasteiger partial charge in [-0.2, -0.15) is 5.26 Å². The molecule has 0 aliphatic rings. The van der Waals surface area contributed by atoms with Crippen LogP contribution in [-0.4, -0.2) is 22.1 Å². The number of carbonyl (C=O) groups excluding carboxylic acids is 1. The monoisotopic (exact) mass is 347 g/mol. The quantitative estimate of drug-likeness (QED) is 0.713. The number of nitrogens with zero attached hydrogens (tertiary/aromatic N) is 3. The van der Waals surface area contributed by atoms with E-state index in [-0.39, 0.29) is 6.03 Å². The minimum absolute atomic E-state index is 0.282. The van der Waals surface area contributed by atoms with Crippen LogP contribution in [0.5, 0.6) is 0 Å². The second kappa shape index (κ2) is 8.17. The number of nitriles is 1. The van der Waals surface area contributed by atoms with E-state index in [0.717, 1.165) is 30.4 Å². The predicted octanol–water partition coefficient (Wildman–Crippen LogP) is 3.68. The molecule has 1 aromatic carbocycles. The Hall–Kier alpha value is -3.33. The van der Waals surface area contributed by atoms with E-state index in [2.05, 4.69) is 45.4 Å². The van der Waals surface area contributed by atoms with Crippen LogP contribution in [0, 0.1) is 11.3 Å². The lowest BCUT2D eigenvalue weighted by Crippen LogP contribution is -2.30. The smallest absolute Gasteiger partial charge is 0.319 e. The summed E-state index contributed by atoms with van der Waals surface area (Å²) in [5, 5.41) is 15.6. The summed E-state index contributed by atoms with van der Waals surface area (Å²) in [6, 6.07) is 12.6. The maximum atomic E-state index is 12.1. The molecule has 0 saturated carbocycles. The van der Waals surface area contributed by atoms with Gasteiger partial charge in [-0.15, -0.1) is 0 Å². The number of rotatable bonds is 6. The molecule has 3 aromatic rings. The van der Waals surface area contributed by atoms with E-state index in [1.165, 1.54) is 5.56 Å². The summed E-state index contributed by atoms with van der Waals surface area (Å²) >= 11 is 0. The van der Waals surface area contributed by atoms with Crippen LogP contribution >= 0.6 is 0 Å². The maximum Gasteiger partial charge on any atom is 0.319 e. The lowest BCUT2D eigenvalue weighted by atomic mass is 10.1. The van der Waals surface area contributed by atoms with E-state index in [4.69, 9.17) is 5.26 Å². The molecule has 0 fully saturated rings. The van der Waals surface area contributed by atoms with E-state index in [1.54, 1.807) is 30.5 Å². The Labute approximate surface area is 152 Å². The number of benzene rings is 1. The molecule has 0 aliphatic carbocycles. The number of aryl methyl sites for hydroxylation is 1. The van der Waals surface area contributed by atoms with Gasteiger partial charge in [0, 0.05) is 36.6 Å². The van der Waals surface area contributed by atoms with Crippen LogP contribution in [0.2, 0.25) is 0 Å². The van der Waals surface area contributed by atoms with Crippen LogP contribution in [0.25, 0.3) is 11.0 Å². The lowest BCUT2D eigenvalue weighted by molar-refractivity contribution is 0.252. The molecule has 0 atom stereocenters. The number of hydrogen-bond acceptors (Lipinski definition) is 3. The summed E-state index contributed by atoms with van der Waals surface area (Å²) in [5.74, 6) is 0. The van der Waals surface area contributed by atoms with Crippen LogP contribution in [0.15, 0.2) is 48.8 Å². The van der Waals surface area contributed by atoms with Crippen molar-refractivity contribution in [2.24, 2.45) is 0 Å². The van der Waals surface area contributed by atoms with Crippen LogP contribution in [-0.2, 0) is 13.0 Å². The van der Waals surface area contributed by atoms with Crippen molar-refractivity contribution in [3.05, 3.63) is 59.9 Å². The Morgan fingerprint density at radius 1 is 1.31 bits per heavy atom. The van der Waals surface area contributed by atoms with Gasteiger partial charge in [-0.25, -0.2) is 9.78 Å². The average Bonchev–Trinajstić information content (AvgIpc) is 3.00. The summed E-state index contributed by atoms with van der Waals surface area (Å²) < 4.78 is 2.16. The van der Waals surface area contributed by atoms with Crippen molar-refractivity contribution >= 4 is 22.8 Å².